The van der Waals surface area contributed by atoms with Gasteiger partial charge in [-0.25, -0.2) is 0 Å². The monoisotopic (exact) mass is 513 g/mol. The number of amides is 2. The predicted octanol–water partition coefficient (Wildman–Crippen LogP) is 3.78. The number of piperazine rings is 1. The number of carbonyl (C=O) groups is 2. The summed E-state index contributed by atoms with van der Waals surface area (Å²) in [4.78, 5) is 32.3. The molecule has 0 aromatic heterocycles. The van der Waals surface area contributed by atoms with E-state index in [0.717, 1.165) is 31.7 Å². The van der Waals surface area contributed by atoms with Crippen molar-refractivity contribution in [2.24, 2.45) is 0 Å². The third kappa shape index (κ3) is 5.44. The van der Waals surface area contributed by atoms with Crippen LogP contribution >= 0.6 is 0 Å². The fourth-order valence-electron chi connectivity index (χ4n) is 5.65. The van der Waals surface area contributed by atoms with Gasteiger partial charge in [0.05, 0.1) is 32.7 Å². The quantitative estimate of drug-likeness (QED) is 0.406. The molecule has 0 bridgehead atoms. The summed E-state index contributed by atoms with van der Waals surface area (Å²) in [6.45, 7) is 3.54. The molecule has 7 heteroatoms. The summed E-state index contributed by atoms with van der Waals surface area (Å²) in [6.07, 6.45) is 0.833. The Kier molecular flexibility index (Phi) is 8.05. The van der Waals surface area contributed by atoms with Crippen LogP contribution in [0.5, 0.6) is 11.5 Å². The Bertz CT molecular complexity index is 1200. The Morgan fingerprint density at radius 3 is 1.97 bits per heavy atom. The van der Waals surface area contributed by atoms with E-state index < -0.39 is 0 Å². The van der Waals surface area contributed by atoms with Crippen LogP contribution in [0.3, 0.4) is 0 Å². The normalized spacial score (nSPS) is 18.8. The summed E-state index contributed by atoms with van der Waals surface area (Å²) >= 11 is 0. The molecular weight excluding hydrogens is 478 g/mol. The number of hydrogen-bond donors (Lipinski definition) is 0. The van der Waals surface area contributed by atoms with E-state index in [1.165, 1.54) is 16.0 Å². The summed E-state index contributed by atoms with van der Waals surface area (Å²) in [7, 11) is 3.20. The number of imide groups is 1. The van der Waals surface area contributed by atoms with Crippen molar-refractivity contribution in [3.63, 3.8) is 0 Å². The Morgan fingerprint density at radius 2 is 1.39 bits per heavy atom. The van der Waals surface area contributed by atoms with Gasteiger partial charge in [0.1, 0.15) is 0 Å². The summed E-state index contributed by atoms with van der Waals surface area (Å²) in [5, 5.41) is 0. The van der Waals surface area contributed by atoms with Gasteiger partial charge in [0.2, 0.25) is 11.8 Å². The molecule has 3 aromatic rings. The molecule has 0 radical (unpaired) electrons. The molecule has 5 rings (SSSR count). The molecule has 7 nitrogen and oxygen atoms in total. The van der Waals surface area contributed by atoms with Crippen LogP contribution in [0.4, 0.5) is 0 Å². The number of likely N-dealkylation sites (tertiary alicyclic amines) is 1. The first-order valence-electron chi connectivity index (χ1n) is 13.2. The summed E-state index contributed by atoms with van der Waals surface area (Å²) < 4.78 is 10.7. The fraction of sp³-hybridized carbons (Fsp3) is 0.355. The van der Waals surface area contributed by atoms with Crippen LogP contribution < -0.4 is 9.47 Å². The number of benzene rings is 3. The average Bonchev–Trinajstić information content (AvgIpc) is 3.26. The Balaban J connectivity index is 1.22. The Hall–Kier alpha value is -3.68. The SMILES string of the molecule is COc1ccc(CCN2C(=O)CC(N3CCN(C(c4ccccc4)c4ccccc4)CC3)C2=O)cc1OC. The molecule has 2 saturated heterocycles. The molecule has 1 unspecified atom stereocenters. The van der Waals surface area contributed by atoms with Gasteiger partial charge in [0.15, 0.2) is 11.5 Å². The van der Waals surface area contributed by atoms with Gasteiger partial charge in [-0.05, 0) is 35.2 Å². The van der Waals surface area contributed by atoms with Gasteiger partial charge in [-0.15, -0.1) is 0 Å². The molecule has 0 spiro atoms. The fourth-order valence-corrected chi connectivity index (χ4v) is 5.65. The maximum absolute atomic E-state index is 13.3. The van der Waals surface area contributed by atoms with E-state index >= 15 is 0 Å². The van der Waals surface area contributed by atoms with E-state index in [0.29, 0.717) is 24.5 Å². The van der Waals surface area contributed by atoms with Crippen molar-refractivity contribution in [1.29, 1.82) is 0 Å². The first kappa shape index (κ1) is 25.9. The number of rotatable bonds is 9. The molecule has 3 aromatic carbocycles. The molecule has 38 heavy (non-hydrogen) atoms. The lowest BCUT2D eigenvalue weighted by Crippen LogP contribution is -2.53. The van der Waals surface area contributed by atoms with E-state index in [2.05, 4.69) is 58.3 Å². The van der Waals surface area contributed by atoms with Gasteiger partial charge < -0.3 is 9.47 Å². The standard InChI is InChI=1S/C31H35N3O4/c1-37-27-14-13-23(21-28(27)38-2)15-16-34-29(35)22-26(31(34)36)32-17-19-33(20-18-32)30(24-9-5-3-6-10-24)25-11-7-4-8-12-25/h3-14,21,26,30H,15-20,22H2,1-2H3. The van der Waals surface area contributed by atoms with E-state index in [1.807, 2.05) is 30.3 Å². The lowest BCUT2D eigenvalue weighted by Gasteiger charge is -2.41. The predicted molar refractivity (Wildman–Crippen MR) is 146 cm³/mol. The van der Waals surface area contributed by atoms with Crippen LogP contribution in [0, 0.1) is 0 Å². The number of carbonyl (C=O) groups excluding carboxylic acids is 2. The van der Waals surface area contributed by atoms with E-state index in [4.69, 9.17) is 9.47 Å². The molecular formula is C31H35N3O4. The molecule has 0 aliphatic carbocycles. The zero-order chi connectivity index (χ0) is 26.5. The van der Waals surface area contributed by atoms with Gasteiger partial charge in [-0.1, -0.05) is 66.7 Å². The first-order valence-corrected chi connectivity index (χ1v) is 13.2. The molecule has 2 aliphatic rings. The number of hydrogen-bond acceptors (Lipinski definition) is 6. The third-order valence-electron chi connectivity index (χ3n) is 7.68. The average molecular weight is 514 g/mol. The van der Waals surface area contributed by atoms with Gasteiger partial charge in [-0.3, -0.25) is 24.3 Å². The van der Waals surface area contributed by atoms with Crippen LogP contribution in [-0.4, -0.2) is 79.5 Å². The number of nitrogens with zero attached hydrogens (tertiary/aromatic N) is 3. The van der Waals surface area contributed by atoms with Crippen LogP contribution in [0.15, 0.2) is 78.9 Å². The highest BCUT2D eigenvalue weighted by Gasteiger charge is 2.42. The van der Waals surface area contributed by atoms with Crippen LogP contribution in [0.25, 0.3) is 0 Å². The second kappa shape index (κ2) is 11.8. The molecule has 1 atom stereocenters. The van der Waals surface area contributed by atoms with Gasteiger partial charge in [-0.2, -0.15) is 0 Å². The summed E-state index contributed by atoms with van der Waals surface area (Å²) in [5.74, 6) is 1.13. The minimum Gasteiger partial charge on any atom is -0.493 e. The third-order valence-corrected chi connectivity index (χ3v) is 7.68. The minimum atomic E-state index is -0.373. The van der Waals surface area contributed by atoms with Crippen LogP contribution in [-0.2, 0) is 16.0 Å². The lowest BCUT2D eigenvalue weighted by atomic mass is 9.96. The molecule has 2 amide bonds. The second-order valence-electron chi connectivity index (χ2n) is 9.84. The van der Waals surface area contributed by atoms with Crippen molar-refractivity contribution in [2.45, 2.75) is 24.9 Å². The smallest absolute Gasteiger partial charge is 0.247 e. The molecule has 0 saturated carbocycles. The lowest BCUT2D eigenvalue weighted by molar-refractivity contribution is -0.139. The minimum absolute atomic E-state index is 0.0772. The molecule has 2 heterocycles. The van der Waals surface area contributed by atoms with Crippen molar-refractivity contribution < 1.29 is 19.1 Å². The molecule has 2 aliphatic heterocycles. The van der Waals surface area contributed by atoms with Gasteiger partial charge in [0, 0.05) is 32.7 Å². The number of methoxy groups -OCH3 is 2. The highest BCUT2D eigenvalue weighted by Crippen LogP contribution is 2.31. The number of ether oxygens (including phenoxy) is 2. The second-order valence-corrected chi connectivity index (χ2v) is 9.84. The first-order chi connectivity index (χ1) is 18.6. The van der Waals surface area contributed by atoms with E-state index in [1.54, 1.807) is 14.2 Å². The zero-order valence-electron chi connectivity index (χ0n) is 22.1. The van der Waals surface area contributed by atoms with Crippen molar-refractivity contribution >= 4 is 11.8 Å². The Morgan fingerprint density at radius 1 is 0.789 bits per heavy atom. The van der Waals surface area contributed by atoms with Crippen molar-refractivity contribution in [1.82, 2.24) is 14.7 Å². The molecule has 2 fully saturated rings. The van der Waals surface area contributed by atoms with E-state index in [9.17, 15) is 9.59 Å². The largest absolute Gasteiger partial charge is 0.493 e. The van der Waals surface area contributed by atoms with Crippen molar-refractivity contribution in [2.75, 3.05) is 46.9 Å². The van der Waals surface area contributed by atoms with Crippen LogP contribution in [0.1, 0.15) is 29.2 Å². The summed E-state index contributed by atoms with van der Waals surface area (Å²) in [6, 6.07) is 26.6. The topological polar surface area (TPSA) is 62.3 Å². The van der Waals surface area contributed by atoms with Crippen molar-refractivity contribution in [3.05, 3.63) is 95.6 Å². The van der Waals surface area contributed by atoms with Gasteiger partial charge in [0.25, 0.3) is 0 Å². The zero-order valence-corrected chi connectivity index (χ0v) is 22.1. The highest BCUT2D eigenvalue weighted by atomic mass is 16.5. The van der Waals surface area contributed by atoms with Gasteiger partial charge >= 0.3 is 0 Å². The van der Waals surface area contributed by atoms with E-state index in [-0.39, 0.29) is 30.3 Å². The Labute approximate surface area is 224 Å². The molecule has 198 valence electrons. The maximum atomic E-state index is 13.3. The van der Waals surface area contributed by atoms with Crippen LogP contribution in [0.2, 0.25) is 0 Å². The summed E-state index contributed by atoms with van der Waals surface area (Å²) in [5.41, 5.74) is 3.52. The van der Waals surface area contributed by atoms with Crippen molar-refractivity contribution in [3.8, 4) is 11.5 Å². The highest BCUT2D eigenvalue weighted by molar-refractivity contribution is 6.05. The molecule has 0 N–H and O–H groups in total. The maximum Gasteiger partial charge on any atom is 0.247 e.